The van der Waals surface area contributed by atoms with E-state index in [0.29, 0.717) is 18.8 Å². The van der Waals surface area contributed by atoms with E-state index in [0.717, 1.165) is 0 Å². The zero-order chi connectivity index (χ0) is 8.10. The first-order valence-corrected chi connectivity index (χ1v) is 3.35. The Bertz CT molecular complexity index is 261. The van der Waals surface area contributed by atoms with Gasteiger partial charge in [-0.2, -0.15) is 5.26 Å². The zero-order valence-corrected chi connectivity index (χ0v) is 6.00. The van der Waals surface area contributed by atoms with Gasteiger partial charge >= 0.3 is 0 Å². The number of hydrogen-bond donors (Lipinski definition) is 0. The summed E-state index contributed by atoms with van der Waals surface area (Å²) in [6, 6.07) is 1.91. The van der Waals surface area contributed by atoms with Gasteiger partial charge in [-0.05, 0) is 6.42 Å². The third kappa shape index (κ3) is 1.77. The molecular formula is C7H8FN3. The number of aromatic nitrogens is 2. The maximum absolute atomic E-state index is 11.7. The van der Waals surface area contributed by atoms with Crippen molar-refractivity contribution in [3.8, 4) is 6.07 Å². The van der Waals surface area contributed by atoms with E-state index in [-0.39, 0.29) is 6.67 Å². The van der Waals surface area contributed by atoms with Crippen molar-refractivity contribution in [3.63, 3.8) is 0 Å². The Morgan fingerprint density at radius 1 is 1.73 bits per heavy atom. The van der Waals surface area contributed by atoms with Crippen LogP contribution in [0.1, 0.15) is 12.2 Å². The number of nitriles is 1. The molecule has 1 heterocycles. The molecule has 3 nitrogen and oxygen atoms in total. The number of imidazole rings is 1. The molecule has 0 N–H and O–H groups in total. The second-order valence-corrected chi connectivity index (χ2v) is 2.10. The maximum atomic E-state index is 11.7. The van der Waals surface area contributed by atoms with E-state index in [9.17, 15) is 4.39 Å². The van der Waals surface area contributed by atoms with E-state index in [1.54, 1.807) is 10.8 Å². The van der Waals surface area contributed by atoms with Crippen LogP contribution in [-0.4, -0.2) is 16.2 Å². The highest BCUT2D eigenvalue weighted by Crippen LogP contribution is 1.97. The molecule has 58 valence electrons. The third-order valence-electron chi connectivity index (χ3n) is 1.35. The summed E-state index contributed by atoms with van der Waals surface area (Å²) < 4.78 is 13.3. The van der Waals surface area contributed by atoms with Crippen molar-refractivity contribution in [1.82, 2.24) is 9.55 Å². The Balaban J connectivity index is 2.63. The smallest absolute Gasteiger partial charge is 0.212 e. The first-order chi connectivity index (χ1) is 5.38. The minimum atomic E-state index is -0.358. The predicted molar refractivity (Wildman–Crippen MR) is 37.5 cm³/mol. The molecule has 0 unspecified atom stereocenters. The highest BCUT2D eigenvalue weighted by atomic mass is 19.1. The average molecular weight is 153 g/mol. The van der Waals surface area contributed by atoms with Crippen molar-refractivity contribution in [1.29, 1.82) is 5.26 Å². The minimum absolute atomic E-state index is 0.346. The molecule has 0 fully saturated rings. The monoisotopic (exact) mass is 153 g/mol. The van der Waals surface area contributed by atoms with Crippen LogP contribution in [0.2, 0.25) is 0 Å². The van der Waals surface area contributed by atoms with E-state index >= 15 is 0 Å². The third-order valence-corrected chi connectivity index (χ3v) is 1.35. The van der Waals surface area contributed by atoms with Crippen LogP contribution in [-0.2, 0) is 6.54 Å². The second-order valence-electron chi connectivity index (χ2n) is 2.10. The first kappa shape index (κ1) is 7.73. The molecule has 1 aromatic rings. The number of nitrogens with zero attached hydrogens (tertiary/aromatic N) is 3. The molecule has 0 radical (unpaired) electrons. The van der Waals surface area contributed by atoms with Crippen LogP contribution in [0.25, 0.3) is 0 Å². The fourth-order valence-electron chi connectivity index (χ4n) is 0.833. The number of hydrogen-bond acceptors (Lipinski definition) is 2. The van der Waals surface area contributed by atoms with Crippen LogP contribution in [0.3, 0.4) is 0 Å². The van der Waals surface area contributed by atoms with Gasteiger partial charge in [-0.1, -0.05) is 0 Å². The fraction of sp³-hybridized carbons (Fsp3) is 0.429. The summed E-state index contributed by atoms with van der Waals surface area (Å²) in [5.74, 6) is 0.346. The number of halogens is 1. The van der Waals surface area contributed by atoms with Crippen LogP contribution in [0, 0.1) is 11.3 Å². The van der Waals surface area contributed by atoms with E-state index in [1.807, 2.05) is 6.07 Å². The lowest BCUT2D eigenvalue weighted by atomic mass is 10.4. The Labute approximate surface area is 64.1 Å². The van der Waals surface area contributed by atoms with E-state index in [4.69, 9.17) is 5.26 Å². The number of rotatable bonds is 3. The van der Waals surface area contributed by atoms with E-state index in [1.165, 1.54) is 6.20 Å². The molecule has 0 aliphatic rings. The van der Waals surface area contributed by atoms with Gasteiger partial charge in [-0.25, -0.2) is 4.98 Å². The van der Waals surface area contributed by atoms with Crippen molar-refractivity contribution in [2.45, 2.75) is 13.0 Å². The minimum Gasteiger partial charge on any atom is -0.323 e. The highest BCUT2D eigenvalue weighted by Gasteiger charge is 1.98. The van der Waals surface area contributed by atoms with Gasteiger partial charge < -0.3 is 4.57 Å². The van der Waals surface area contributed by atoms with Crippen molar-refractivity contribution >= 4 is 0 Å². The lowest BCUT2D eigenvalue weighted by Crippen LogP contribution is -2.00. The lowest BCUT2D eigenvalue weighted by molar-refractivity contribution is 0.446. The lowest BCUT2D eigenvalue weighted by Gasteiger charge is -1.98. The van der Waals surface area contributed by atoms with Gasteiger partial charge in [0.2, 0.25) is 5.82 Å². The summed E-state index contributed by atoms with van der Waals surface area (Å²) >= 11 is 0. The van der Waals surface area contributed by atoms with Crippen molar-refractivity contribution < 1.29 is 4.39 Å². The molecule has 1 rings (SSSR count). The van der Waals surface area contributed by atoms with Crippen LogP contribution in [0.4, 0.5) is 4.39 Å². The van der Waals surface area contributed by atoms with Gasteiger partial charge in [0.25, 0.3) is 0 Å². The van der Waals surface area contributed by atoms with Crippen molar-refractivity contribution in [2.24, 2.45) is 0 Å². The van der Waals surface area contributed by atoms with Gasteiger partial charge in [0.1, 0.15) is 6.07 Å². The van der Waals surface area contributed by atoms with Gasteiger partial charge in [0, 0.05) is 18.9 Å². The quantitative estimate of drug-likeness (QED) is 0.652. The Morgan fingerprint density at radius 3 is 3.18 bits per heavy atom. The summed E-state index contributed by atoms with van der Waals surface area (Å²) in [5, 5.41) is 8.48. The highest BCUT2D eigenvalue weighted by molar-refractivity contribution is 5.10. The van der Waals surface area contributed by atoms with Gasteiger partial charge in [-0.15, -0.1) is 0 Å². The maximum Gasteiger partial charge on any atom is 0.212 e. The summed E-state index contributed by atoms with van der Waals surface area (Å²) in [4.78, 5) is 3.77. The van der Waals surface area contributed by atoms with Gasteiger partial charge in [0.05, 0.1) is 6.67 Å². The molecule has 11 heavy (non-hydrogen) atoms. The largest absolute Gasteiger partial charge is 0.323 e. The van der Waals surface area contributed by atoms with Crippen molar-refractivity contribution in [2.75, 3.05) is 6.67 Å². The molecule has 0 amide bonds. The summed E-state index contributed by atoms with van der Waals surface area (Å²) in [6.45, 7) is 0.169. The van der Waals surface area contributed by atoms with Crippen LogP contribution in [0.15, 0.2) is 12.4 Å². The summed E-state index contributed by atoms with van der Waals surface area (Å²) in [7, 11) is 0. The predicted octanol–water partition coefficient (Wildman–Crippen LogP) is 1.11. The Morgan fingerprint density at radius 2 is 2.55 bits per heavy atom. The zero-order valence-electron chi connectivity index (χ0n) is 6.00. The molecule has 4 heteroatoms. The van der Waals surface area contributed by atoms with E-state index in [2.05, 4.69) is 4.98 Å². The fourth-order valence-corrected chi connectivity index (χ4v) is 0.833. The summed E-state index contributed by atoms with van der Waals surface area (Å²) in [6.07, 6.45) is 3.65. The molecule has 0 saturated heterocycles. The molecule has 0 bridgehead atoms. The van der Waals surface area contributed by atoms with Crippen LogP contribution >= 0.6 is 0 Å². The first-order valence-electron chi connectivity index (χ1n) is 3.35. The molecule has 0 saturated carbocycles. The summed E-state index contributed by atoms with van der Waals surface area (Å²) in [5.41, 5.74) is 0. The Hall–Kier alpha value is -1.37. The molecule has 0 atom stereocenters. The van der Waals surface area contributed by atoms with E-state index < -0.39 is 0 Å². The van der Waals surface area contributed by atoms with Crippen molar-refractivity contribution in [3.05, 3.63) is 18.2 Å². The topological polar surface area (TPSA) is 41.6 Å². The normalized spacial score (nSPS) is 9.45. The second kappa shape index (κ2) is 3.71. The molecular weight excluding hydrogens is 145 g/mol. The molecule has 0 aromatic carbocycles. The molecule has 0 aliphatic heterocycles. The molecule has 0 spiro atoms. The van der Waals surface area contributed by atoms with Crippen LogP contribution < -0.4 is 0 Å². The molecule has 1 aromatic heterocycles. The SMILES string of the molecule is N#Cc1nccn1CCCF. The Kier molecular flexibility index (Phi) is 2.61. The van der Waals surface area contributed by atoms with Gasteiger partial charge in [-0.3, -0.25) is 4.39 Å². The standard InChI is InChI=1S/C7H8FN3/c8-2-1-4-11-5-3-10-7(11)6-9/h3,5H,1-2,4H2. The number of alkyl halides is 1. The van der Waals surface area contributed by atoms with Gasteiger partial charge in [0.15, 0.2) is 0 Å². The average Bonchev–Trinajstić information content (AvgIpc) is 2.47. The molecule has 0 aliphatic carbocycles. The van der Waals surface area contributed by atoms with Crippen LogP contribution in [0.5, 0.6) is 0 Å². The number of aryl methyl sites for hydroxylation is 1.